The molecule has 2 aromatic rings. The summed E-state index contributed by atoms with van der Waals surface area (Å²) in [5.41, 5.74) is 3.02. The molecule has 0 spiro atoms. The second-order valence-electron chi connectivity index (χ2n) is 6.00. The molecule has 0 N–H and O–H groups in total. The van der Waals surface area contributed by atoms with E-state index in [-0.39, 0.29) is 18.0 Å². The van der Waals surface area contributed by atoms with Crippen LogP contribution in [0.1, 0.15) is 23.6 Å². The molecular formula is C22H23FN2O5. The van der Waals surface area contributed by atoms with Crippen LogP contribution in [0.25, 0.3) is 5.57 Å². The average Bonchev–Trinajstić information content (AvgIpc) is 2.76. The molecule has 0 unspecified atom stereocenters. The van der Waals surface area contributed by atoms with Gasteiger partial charge in [0.05, 0.1) is 20.5 Å². The maximum Gasteiger partial charge on any atom is 0.341 e. The standard InChI is InChI=1S/C22H23FN2O5/c1-15(21(25-29-4)16-9-11-18(23)12-10-16)24-30-13-17-7-5-6-8-19(17)20(14-27-2)22(26)28-3/h5-12,14H,13H2,1-4H3/b20-14+,24-15+,25-21-. The van der Waals surface area contributed by atoms with Crippen LogP contribution in [0, 0.1) is 5.82 Å². The molecule has 0 aromatic heterocycles. The molecule has 2 aromatic carbocycles. The third-order valence-electron chi connectivity index (χ3n) is 4.01. The third kappa shape index (κ3) is 5.91. The fraction of sp³-hybridized carbons (Fsp3) is 0.227. The lowest BCUT2D eigenvalue weighted by Crippen LogP contribution is -2.13. The first-order valence-electron chi connectivity index (χ1n) is 8.95. The van der Waals surface area contributed by atoms with Gasteiger partial charge in [-0.2, -0.15) is 0 Å². The highest BCUT2D eigenvalue weighted by molar-refractivity contribution is 6.47. The second kappa shape index (κ2) is 11.4. The second-order valence-corrected chi connectivity index (χ2v) is 6.00. The van der Waals surface area contributed by atoms with Crippen molar-refractivity contribution in [1.82, 2.24) is 0 Å². The molecule has 2 rings (SSSR count). The van der Waals surface area contributed by atoms with E-state index in [1.54, 1.807) is 37.3 Å². The van der Waals surface area contributed by atoms with Crippen molar-refractivity contribution >= 4 is 23.0 Å². The summed E-state index contributed by atoms with van der Waals surface area (Å²) in [6.07, 6.45) is 1.32. The lowest BCUT2D eigenvalue weighted by Gasteiger charge is -2.11. The molecule has 0 aliphatic heterocycles. The average molecular weight is 414 g/mol. The maximum atomic E-state index is 13.2. The van der Waals surface area contributed by atoms with Crippen molar-refractivity contribution in [3.8, 4) is 0 Å². The van der Waals surface area contributed by atoms with Crippen molar-refractivity contribution in [2.45, 2.75) is 13.5 Å². The molecule has 0 saturated carbocycles. The minimum absolute atomic E-state index is 0.0786. The molecule has 158 valence electrons. The molecule has 0 saturated heterocycles. The molecule has 0 amide bonds. The quantitative estimate of drug-likeness (QED) is 0.204. The minimum Gasteiger partial charge on any atom is -0.503 e. The van der Waals surface area contributed by atoms with E-state index in [1.165, 1.54) is 39.7 Å². The Morgan fingerprint density at radius 1 is 1.03 bits per heavy atom. The van der Waals surface area contributed by atoms with Gasteiger partial charge in [0.15, 0.2) is 0 Å². The van der Waals surface area contributed by atoms with Gasteiger partial charge in [-0.15, -0.1) is 0 Å². The first-order chi connectivity index (χ1) is 14.5. The van der Waals surface area contributed by atoms with Gasteiger partial charge in [-0.25, -0.2) is 9.18 Å². The van der Waals surface area contributed by atoms with Crippen molar-refractivity contribution in [1.29, 1.82) is 0 Å². The van der Waals surface area contributed by atoms with Crippen LogP contribution in [0.4, 0.5) is 4.39 Å². The Kier molecular flexibility index (Phi) is 8.56. The van der Waals surface area contributed by atoms with E-state index >= 15 is 0 Å². The van der Waals surface area contributed by atoms with E-state index in [9.17, 15) is 9.18 Å². The molecule has 0 atom stereocenters. The Labute approximate surface area is 174 Å². The van der Waals surface area contributed by atoms with Gasteiger partial charge in [-0.1, -0.05) is 34.6 Å². The normalized spacial score (nSPS) is 12.4. The molecule has 8 heteroatoms. The van der Waals surface area contributed by atoms with Gasteiger partial charge >= 0.3 is 5.97 Å². The van der Waals surface area contributed by atoms with Gasteiger partial charge < -0.3 is 19.1 Å². The van der Waals surface area contributed by atoms with Gasteiger partial charge in [0, 0.05) is 11.1 Å². The predicted molar refractivity (Wildman–Crippen MR) is 111 cm³/mol. The summed E-state index contributed by atoms with van der Waals surface area (Å²) in [5, 5.41) is 8.04. The van der Waals surface area contributed by atoms with E-state index in [4.69, 9.17) is 19.1 Å². The van der Waals surface area contributed by atoms with E-state index in [2.05, 4.69) is 10.3 Å². The number of oxime groups is 2. The van der Waals surface area contributed by atoms with Gasteiger partial charge in [0.1, 0.15) is 36.5 Å². The zero-order valence-electron chi connectivity index (χ0n) is 17.2. The number of carbonyl (C=O) groups excluding carboxylic acids is 1. The van der Waals surface area contributed by atoms with Gasteiger partial charge in [-0.3, -0.25) is 0 Å². The minimum atomic E-state index is -0.533. The molecule has 0 aliphatic rings. The van der Waals surface area contributed by atoms with E-state index in [0.29, 0.717) is 28.1 Å². The Balaban J connectivity index is 2.23. The molecule has 30 heavy (non-hydrogen) atoms. The summed E-state index contributed by atoms with van der Waals surface area (Å²) in [4.78, 5) is 22.5. The van der Waals surface area contributed by atoms with Crippen LogP contribution in [0.5, 0.6) is 0 Å². The number of benzene rings is 2. The first-order valence-corrected chi connectivity index (χ1v) is 8.95. The summed E-state index contributed by atoms with van der Waals surface area (Å²) < 4.78 is 23.0. The van der Waals surface area contributed by atoms with Crippen LogP contribution < -0.4 is 0 Å². The van der Waals surface area contributed by atoms with Gasteiger partial charge in [0.2, 0.25) is 0 Å². The Hall–Kier alpha value is -3.68. The monoisotopic (exact) mass is 414 g/mol. The Bertz CT molecular complexity index is 952. The smallest absolute Gasteiger partial charge is 0.341 e. The fourth-order valence-electron chi connectivity index (χ4n) is 2.63. The Morgan fingerprint density at radius 3 is 2.37 bits per heavy atom. The van der Waals surface area contributed by atoms with Crippen LogP contribution in [0.2, 0.25) is 0 Å². The number of esters is 1. The molecule has 7 nitrogen and oxygen atoms in total. The van der Waals surface area contributed by atoms with E-state index in [0.717, 1.165) is 0 Å². The van der Waals surface area contributed by atoms with Crippen LogP contribution in [-0.2, 0) is 30.6 Å². The number of halogens is 1. The summed E-state index contributed by atoms with van der Waals surface area (Å²) in [6.45, 7) is 1.77. The zero-order chi connectivity index (χ0) is 21.9. The lowest BCUT2D eigenvalue weighted by molar-refractivity contribution is -0.133. The van der Waals surface area contributed by atoms with Crippen molar-refractivity contribution in [2.75, 3.05) is 21.3 Å². The van der Waals surface area contributed by atoms with E-state index in [1.807, 2.05) is 6.07 Å². The molecular weight excluding hydrogens is 391 g/mol. The van der Waals surface area contributed by atoms with Crippen LogP contribution in [0.3, 0.4) is 0 Å². The highest BCUT2D eigenvalue weighted by atomic mass is 19.1. The van der Waals surface area contributed by atoms with Crippen molar-refractivity contribution < 1.29 is 28.3 Å². The molecule has 0 bridgehead atoms. The number of hydrogen-bond acceptors (Lipinski definition) is 7. The number of carbonyl (C=O) groups is 1. The van der Waals surface area contributed by atoms with Crippen molar-refractivity contribution in [3.05, 3.63) is 77.3 Å². The molecule has 0 heterocycles. The summed E-state index contributed by atoms with van der Waals surface area (Å²) in [5.74, 6) is -0.890. The number of methoxy groups -OCH3 is 2. The van der Waals surface area contributed by atoms with Gasteiger partial charge in [-0.05, 0) is 36.8 Å². The largest absolute Gasteiger partial charge is 0.503 e. The summed E-state index contributed by atoms with van der Waals surface area (Å²) in [6, 6.07) is 12.9. The SMILES string of the molecule is CO/C=C(/C(=O)OC)c1ccccc1CO/N=C(C)/C(=N/OC)c1ccc(F)cc1. The zero-order valence-corrected chi connectivity index (χ0v) is 17.2. The van der Waals surface area contributed by atoms with Crippen LogP contribution in [0.15, 0.2) is 65.1 Å². The Morgan fingerprint density at radius 2 is 1.73 bits per heavy atom. The lowest BCUT2D eigenvalue weighted by atomic mass is 10.0. The number of hydrogen-bond donors (Lipinski definition) is 0. The molecule has 0 aliphatic carbocycles. The highest BCUT2D eigenvalue weighted by Gasteiger charge is 2.17. The molecule has 0 radical (unpaired) electrons. The predicted octanol–water partition coefficient (Wildman–Crippen LogP) is 3.93. The number of rotatable bonds is 9. The third-order valence-corrected chi connectivity index (χ3v) is 4.01. The number of ether oxygens (including phenoxy) is 2. The summed E-state index contributed by atoms with van der Waals surface area (Å²) in [7, 11) is 4.15. The van der Waals surface area contributed by atoms with Crippen LogP contribution >= 0.6 is 0 Å². The van der Waals surface area contributed by atoms with Crippen molar-refractivity contribution in [2.24, 2.45) is 10.3 Å². The maximum absolute atomic E-state index is 13.2. The highest BCUT2D eigenvalue weighted by Crippen LogP contribution is 2.22. The number of nitrogens with zero attached hydrogens (tertiary/aromatic N) is 2. The topological polar surface area (TPSA) is 78.7 Å². The first kappa shape index (κ1) is 22.6. The van der Waals surface area contributed by atoms with Crippen LogP contribution in [-0.4, -0.2) is 38.7 Å². The summed E-state index contributed by atoms with van der Waals surface area (Å²) >= 11 is 0. The van der Waals surface area contributed by atoms with Gasteiger partial charge in [0.25, 0.3) is 0 Å². The fourth-order valence-corrected chi connectivity index (χ4v) is 2.63. The van der Waals surface area contributed by atoms with E-state index < -0.39 is 5.97 Å². The molecule has 0 fully saturated rings. The van der Waals surface area contributed by atoms with Crippen molar-refractivity contribution in [3.63, 3.8) is 0 Å².